The van der Waals surface area contributed by atoms with Crippen molar-refractivity contribution in [3.8, 4) is 0 Å². The Morgan fingerprint density at radius 1 is 1.11 bits per heavy atom. The Labute approximate surface area is 154 Å². The van der Waals surface area contributed by atoms with Crippen molar-refractivity contribution in [1.82, 2.24) is 14.9 Å². The Morgan fingerprint density at radius 2 is 1.81 bits per heavy atom. The number of aromatic nitrogens is 2. The highest BCUT2D eigenvalue weighted by molar-refractivity contribution is 5.99. The minimum Gasteiger partial charge on any atom is -0.337 e. The molecule has 0 unspecified atom stereocenters. The molecule has 0 spiro atoms. The van der Waals surface area contributed by atoms with Gasteiger partial charge in [-0.15, -0.1) is 0 Å². The van der Waals surface area contributed by atoms with Crippen LogP contribution in [-0.4, -0.2) is 39.6 Å². The summed E-state index contributed by atoms with van der Waals surface area (Å²) in [5, 5.41) is 0. The van der Waals surface area contributed by atoms with Gasteiger partial charge in [0.15, 0.2) is 5.78 Å². The molecule has 1 aromatic carbocycles. The van der Waals surface area contributed by atoms with Crippen LogP contribution in [0.3, 0.4) is 0 Å². The van der Waals surface area contributed by atoms with Crippen molar-refractivity contribution in [2.24, 2.45) is 5.92 Å². The van der Waals surface area contributed by atoms with Crippen molar-refractivity contribution in [2.75, 3.05) is 13.1 Å². The van der Waals surface area contributed by atoms with Gasteiger partial charge in [0.25, 0.3) is 5.91 Å². The van der Waals surface area contributed by atoms with E-state index in [4.69, 9.17) is 0 Å². The van der Waals surface area contributed by atoms with Crippen molar-refractivity contribution >= 4 is 11.7 Å². The smallest absolute Gasteiger partial charge is 0.337 e. The van der Waals surface area contributed by atoms with Crippen LogP contribution >= 0.6 is 0 Å². The van der Waals surface area contributed by atoms with Crippen molar-refractivity contribution in [3.63, 3.8) is 0 Å². The van der Waals surface area contributed by atoms with Crippen LogP contribution in [0.15, 0.2) is 36.7 Å². The van der Waals surface area contributed by atoms with Gasteiger partial charge >= 0.3 is 6.18 Å². The number of carbonyl (C=O) groups is 2. The summed E-state index contributed by atoms with van der Waals surface area (Å²) in [6, 6.07) is 4.19. The summed E-state index contributed by atoms with van der Waals surface area (Å²) in [5.74, 6) is -0.999. The number of hydrogen-bond donors (Lipinski definition) is 0. The van der Waals surface area contributed by atoms with E-state index < -0.39 is 17.7 Å². The van der Waals surface area contributed by atoms with Crippen molar-refractivity contribution in [2.45, 2.75) is 25.9 Å². The first kappa shape index (κ1) is 19.0. The highest BCUT2D eigenvalue weighted by Crippen LogP contribution is 2.30. The van der Waals surface area contributed by atoms with E-state index >= 15 is 0 Å². The number of aryl methyl sites for hydroxylation is 1. The molecule has 1 fully saturated rings. The number of ketones is 1. The Kier molecular flexibility index (Phi) is 5.25. The molecule has 1 atom stereocenters. The normalized spacial score (nSPS) is 17.6. The summed E-state index contributed by atoms with van der Waals surface area (Å²) in [6.07, 6.45) is -0.309. The zero-order valence-electron chi connectivity index (χ0n) is 14.7. The van der Waals surface area contributed by atoms with Gasteiger partial charge in [-0.3, -0.25) is 14.6 Å². The monoisotopic (exact) mass is 377 g/mol. The molecule has 2 aromatic rings. The summed E-state index contributed by atoms with van der Waals surface area (Å²) in [4.78, 5) is 34.9. The minimum atomic E-state index is -4.44. The van der Waals surface area contributed by atoms with Gasteiger partial charge in [-0.05, 0) is 31.9 Å². The quantitative estimate of drug-likeness (QED) is 0.768. The van der Waals surface area contributed by atoms with E-state index in [1.807, 2.05) is 0 Å². The van der Waals surface area contributed by atoms with Crippen LogP contribution in [0.2, 0.25) is 0 Å². The number of alkyl halides is 3. The maximum Gasteiger partial charge on any atom is 0.416 e. The summed E-state index contributed by atoms with van der Waals surface area (Å²) in [5.41, 5.74) is 0.332. The molecule has 1 aliphatic rings. The van der Waals surface area contributed by atoms with Gasteiger partial charge in [-0.1, -0.05) is 12.1 Å². The third-order valence-electron chi connectivity index (χ3n) is 4.58. The second-order valence-electron chi connectivity index (χ2n) is 6.57. The van der Waals surface area contributed by atoms with Gasteiger partial charge in [0.1, 0.15) is 5.69 Å². The molecule has 1 saturated heterocycles. The van der Waals surface area contributed by atoms with Gasteiger partial charge in [-0.2, -0.15) is 13.2 Å². The lowest BCUT2D eigenvalue weighted by molar-refractivity contribution is -0.137. The zero-order chi connectivity index (χ0) is 19.6. The van der Waals surface area contributed by atoms with Crippen LogP contribution in [-0.2, 0) is 6.18 Å². The molecule has 8 heteroatoms. The minimum absolute atomic E-state index is 0.211. The molecule has 1 aromatic heterocycles. The number of amides is 1. The van der Waals surface area contributed by atoms with Crippen LogP contribution in [0, 0.1) is 12.8 Å². The number of likely N-dealkylation sites (tertiary alicyclic amines) is 1. The molecule has 0 radical (unpaired) electrons. The SMILES string of the molecule is Cc1cnc(C(=O)N2CCC[C@H](C(=O)c3ccc(C(F)(F)F)cc3)C2)cn1. The maximum absolute atomic E-state index is 12.7. The largest absolute Gasteiger partial charge is 0.416 e. The average molecular weight is 377 g/mol. The number of Topliss-reactive ketones (excluding diaryl/α,β-unsaturated/α-hetero) is 1. The van der Waals surface area contributed by atoms with Crippen LogP contribution in [0.25, 0.3) is 0 Å². The molecule has 1 amide bonds. The fraction of sp³-hybridized carbons (Fsp3) is 0.368. The fourth-order valence-corrected chi connectivity index (χ4v) is 3.10. The molecule has 27 heavy (non-hydrogen) atoms. The first-order valence-corrected chi connectivity index (χ1v) is 8.55. The second kappa shape index (κ2) is 7.46. The van der Waals surface area contributed by atoms with Gasteiger partial charge in [0.2, 0.25) is 0 Å². The topological polar surface area (TPSA) is 63.2 Å². The molecule has 0 N–H and O–H groups in total. The van der Waals surface area contributed by atoms with E-state index in [2.05, 4.69) is 9.97 Å². The second-order valence-corrected chi connectivity index (χ2v) is 6.57. The summed E-state index contributed by atoms with van der Waals surface area (Å²) in [6.45, 7) is 2.49. The average Bonchev–Trinajstić information content (AvgIpc) is 2.67. The number of benzene rings is 1. The van der Waals surface area contributed by atoms with Crippen LogP contribution in [0.4, 0.5) is 13.2 Å². The van der Waals surface area contributed by atoms with Gasteiger partial charge < -0.3 is 4.90 Å². The summed E-state index contributed by atoms with van der Waals surface area (Å²) < 4.78 is 38.0. The highest BCUT2D eigenvalue weighted by atomic mass is 19.4. The number of hydrogen-bond acceptors (Lipinski definition) is 4. The van der Waals surface area contributed by atoms with Crippen molar-refractivity contribution in [3.05, 3.63) is 59.2 Å². The molecule has 142 valence electrons. The molecule has 1 aliphatic heterocycles. The predicted molar refractivity (Wildman–Crippen MR) is 91.2 cm³/mol. The molecule has 0 saturated carbocycles. The van der Waals surface area contributed by atoms with E-state index in [1.165, 1.54) is 24.5 Å². The molecule has 0 aliphatic carbocycles. The first-order valence-electron chi connectivity index (χ1n) is 8.55. The van der Waals surface area contributed by atoms with E-state index in [-0.39, 0.29) is 29.5 Å². The van der Waals surface area contributed by atoms with E-state index in [9.17, 15) is 22.8 Å². The van der Waals surface area contributed by atoms with Crippen LogP contribution in [0.1, 0.15) is 44.9 Å². The number of halogens is 3. The summed E-state index contributed by atoms with van der Waals surface area (Å²) >= 11 is 0. The number of nitrogens with zero attached hydrogens (tertiary/aromatic N) is 3. The number of carbonyl (C=O) groups excluding carboxylic acids is 2. The van der Waals surface area contributed by atoms with E-state index in [0.29, 0.717) is 25.1 Å². The summed E-state index contributed by atoms with van der Waals surface area (Å²) in [7, 11) is 0. The van der Waals surface area contributed by atoms with Gasteiger partial charge in [-0.25, -0.2) is 4.98 Å². The Bertz CT molecular complexity index is 833. The molecular weight excluding hydrogens is 359 g/mol. The first-order chi connectivity index (χ1) is 12.8. The predicted octanol–water partition coefficient (Wildman–Crippen LogP) is 3.54. The lowest BCUT2D eigenvalue weighted by atomic mass is 9.89. The van der Waals surface area contributed by atoms with Crippen molar-refractivity contribution in [1.29, 1.82) is 0 Å². The van der Waals surface area contributed by atoms with Gasteiger partial charge in [0, 0.05) is 30.8 Å². The fourth-order valence-electron chi connectivity index (χ4n) is 3.10. The van der Waals surface area contributed by atoms with Crippen LogP contribution < -0.4 is 0 Å². The molecule has 3 rings (SSSR count). The molecule has 2 heterocycles. The maximum atomic E-state index is 12.7. The Morgan fingerprint density at radius 3 is 2.41 bits per heavy atom. The molecule has 5 nitrogen and oxygen atoms in total. The Hall–Kier alpha value is -2.77. The van der Waals surface area contributed by atoms with Gasteiger partial charge in [0.05, 0.1) is 17.5 Å². The van der Waals surface area contributed by atoms with Crippen LogP contribution in [0.5, 0.6) is 0 Å². The van der Waals surface area contributed by atoms with Crippen molar-refractivity contribution < 1.29 is 22.8 Å². The molecule has 0 bridgehead atoms. The third-order valence-corrected chi connectivity index (χ3v) is 4.58. The Balaban J connectivity index is 1.71. The third kappa shape index (κ3) is 4.32. The zero-order valence-corrected chi connectivity index (χ0v) is 14.7. The lowest BCUT2D eigenvalue weighted by Crippen LogP contribution is -2.42. The molecular formula is C19H18F3N3O2. The van der Waals surface area contributed by atoms with E-state index in [1.54, 1.807) is 11.8 Å². The number of rotatable bonds is 3. The highest BCUT2D eigenvalue weighted by Gasteiger charge is 2.32. The van der Waals surface area contributed by atoms with E-state index in [0.717, 1.165) is 12.1 Å². The number of piperidine rings is 1. The standard InChI is InChI=1S/C19H18F3N3O2/c1-12-9-24-16(10-23-12)18(27)25-8-2-3-14(11-25)17(26)13-4-6-15(7-5-13)19(20,21)22/h4-7,9-10,14H,2-3,8,11H2,1H3/t14-/m0/s1. The lowest BCUT2D eigenvalue weighted by Gasteiger charge is -2.31.